The Kier molecular flexibility index (Phi) is 3.94. The summed E-state index contributed by atoms with van der Waals surface area (Å²) in [4.78, 5) is 2.00. The quantitative estimate of drug-likeness (QED) is 0.771. The van der Waals surface area contributed by atoms with Gasteiger partial charge in [0.25, 0.3) is 0 Å². The first kappa shape index (κ1) is 14.7. The first-order chi connectivity index (χ1) is 9.32. The van der Waals surface area contributed by atoms with Gasteiger partial charge in [-0.25, -0.2) is 0 Å². The zero-order chi connectivity index (χ0) is 14.9. The number of nitrogens with zero attached hydrogens (tertiary/aromatic N) is 2. The fraction of sp³-hybridized carbons (Fsp3) is 0.533. The molecule has 5 heteroatoms. The molecule has 0 bridgehead atoms. The summed E-state index contributed by atoms with van der Waals surface area (Å²) >= 11 is 0. The van der Waals surface area contributed by atoms with Crippen LogP contribution in [0.1, 0.15) is 37.8 Å². The Morgan fingerprint density at radius 1 is 1.25 bits per heavy atom. The summed E-state index contributed by atoms with van der Waals surface area (Å²) in [5.74, 6) is 0.469. The number of anilines is 1. The molecule has 20 heavy (non-hydrogen) atoms. The van der Waals surface area contributed by atoms with Gasteiger partial charge in [0.2, 0.25) is 0 Å². The van der Waals surface area contributed by atoms with Crippen molar-refractivity contribution in [1.29, 1.82) is 5.26 Å². The predicted molar refractivity (Wildman–Crippen MR) is 71.4 cm³/mol. The van der Waals surface area contributed by atoms with E-state index in [1.54, 1.807) is 12.1 Å². The number of nitriles is 1. The lowest BCUT2D eigenvalue weighted by Gasteiger charge is -2.39. The number of hydrogen-bond donors (Lipinski definition) is 0. The molecule has 1 aliphatic heterocycles. The van der Waals surface area contributed by atoms with E-state index in [0.717, 1.165) is 25.5 Å². The standard InChI is InChI=1S/C15H17F3N2/c1-10-3-4-11(2)20(9-10)13-6-5-12(8-19)14(7-13)15(16,17)18/h5-7,10-11H,3-4,9H2,1-2H3. The van der Waals surface area contributed by atoms with Gasteiger partial charge < -0.3 is 4.90 Å². The van der Waals surface area contributed by atoms with Crippen LogP contribution in [0.5, 0.6) is 0 Å². The third kappa shape index (κ3) is 2.90. The van der Waals surface area contributed by atoms with Crippen molar-refractivity contribution in [1.82, 2.24) is 0 Å². The van der Waals surface area contributed by atoms with Gasteiger partial charge >= 0.3 is 6.18 Å². The summed E-state index contributed by atoms with van der Waals surface area (Å²) in [7, 11) is 0. The molecule has 1 aliphatic rings. The maximum absolute atomic E-state index is 13.0. The number of rotatable bonds is 1. The molecule has 0 radical (unpaired) electrons. The van der Waals surface area contributed by atoms with Crippen molar-refractivity contribution >= 4 is 5.69 Å². The summed E-state index contributed by atoms with van der Waals surface area (Å²) in [5.41, 5.74) is -0.614. The number of benzene rings is 1. The van der Waals surface area contributed by atoms with Crippen LogP contribution in [0.2, 0.25) is 0 Å². The molecule has 0 amide bonds. The lowest BCUT2D eigenvalue weighted by Crippen LogP contribution is -2.41. The van der Waals surface area contributed by atoms with E-state index in [2.05, 4.69) is 6.92 Å². The van der Waals surface area contributed by atoms with E-state index in [4.69, 9.17) is 5.26 Å². The molecule has 108 valence electrons. The lowest BCUT2D eigenvalue weighted by molar-refractivity contribution is -0.137. The van der Waals surface area contributed by atoms with Gasteiger partial charge in [-0.05, 0) is 43.9 Å². The summed E-state index contributed by atoms with van der Waals surface area (Å²) in [6.07, 6.45) is -2.42. The number of hydrogen-bond acceptors (Lipinski definition) is 2. The van der Waals surface area contributed by atoms with Crippen LogP contribution >= 0.6 is 0 Å². The van der Waals surface area contributed by atoms with E-state index in [9.17, 15) is 13.2 Å². The summed E-state index contributed by atoms with van der Waals surface area (Å²) in [5, 5.41) is 8.81. The Labute approximate surface area is 116 Å². The Balaban J connectivity index is 2.41. The van der Waals surface area contributed by atoms with Gasteiger partial charge in [-0.2, -0.15) is 18.4 Å². The molecule has 1 heterocycles. The maximum atomic E-state index is 13.0. The van der Waals surface area contributed by atoms with Crippen molar-refractivity contribution in [2.45, 2.75) is 38.9 Å². The molecule has 0 aliphatic carbocycles. The van der Waals surface area contributed by atoms with Crippen LogP contribution in [-0.4, -0.2) is 12.6 Å². The molecule has 2 atom stereocenters. The van der Waals surface area contributed by atoms with E-state index in [-0.39, 0.29) is 11.6 Å². The van der Waals surface area contributed by atoms with Gasteiger partial charge in [-0.1, -0.05) is 6.92 Å². The Morgan fingerprint density at radius 2 is 1.95 bits per heavy atom. The SMILES string of the molecule is CC1CCC(C)N(c2ccc(C#N)c(C(F)(F)F)c2)C1. The van der Waals surface area contributed by atoms with Crippen molar-refractivity contribution < 1.29 is 13.2 Å². The molecule has 1 aromatic carbocycles. The molecule has 1 saturated heterocycles. The topological polar surface area (TPSA) is 27.0 Å². The summed E-state index contributed by atoms with van der Waals surface area (Å²) < 4.78 is 39.0. The molecule has 0 spiro atoms. The molecular formula is C15H17F3N2. The van der Waals surface area contributed by atoms with Crippen LogP contribution in [0.3, 0.4) is 0 Å². The van der Waals surface area contributed by atoms with Gasteiger partial charge in [-0.3, -0.25) is 0 Å². The van der Waals surface area contributed by atoms with Crippen LogP contribution in [-0.2, 0) is 6.18 Å². The summed E-state index contributed by atoms with van der Waals surface area (Å²) in [6, 6.07) is 5.82. The van der Waals surface area contributed by atoms with Crippen LogP contribution in [0.4, 0.5) is 18.9 Å². The zero-order valence-electron chi connectivity index (χ0n) is 11.5. The minimum Gasteiger partial charge on any atom is -0.369 e. The van der Waals surface area contributed by atoms with Gasteiger partial charge in [-0.15, -0.1) is 0 Å². The highest BCUT2D eigenvalue weighted by molar-refractivity contribution is 5.55. The highest BCUT2D eigenvalue weighted by Gasteiger charge is 2.35. The first-order valence-corrected chi connectivity index (χ1v) is 6.71. The average molecular weight is 282 g/mol. The van der Waals surface area contributed by atoms with E-state index in [0.29, 0.717) is 11.6 Å². The zero-order valence-corrected chi connectivity index (χ0v) is 11.5. The first-order valence-electron chi connectivity index (χ1n) is 6.71. The minimum absolute atomic E-state index is 0.222. The molecule has 2 unspecified atom stereocenters. The lowest BCUT2D eigenvalue weighted by atomic mass is 9.94. The van der Waals surface area contributed by atoms with Crippen LogP contribution in [0, 0.1) is 17.2 Å². The van der Waals surface area contributed by atoms with Gasteiger partial charge in [0, 0.05) is 18.3 Å². The Morgan fingerprint density at radius 3 is 2.55 bits per heavy atom. The van der Waals surface area contributed by atoms with Crippen LogP contribution in [0.25, 0.3) is 0 Å². The van der Waals surface area contributed by atoms with Gasteiger partial charge in [0.15, 0.2) is 0 Å². The van der Waals surface area contributed by atoms with Crippen molar-refractivity contribution in [3.63, 3.8) is 0 Å². The second kappa shape index (κ2) is 5.35. The Bertz CT molecular complexity index is 531. The van der Waals surface area contributed by atoms with E-state index in [1.807, 2.05) is 11.8 Å². The third-order valence-electron chi connectivity index (χ3n) is 3.88. The molecule has 2 rings (SSSR count). The van der Waals surface area contributed by atoms with E-state index in [1.165, 1.54) is 6.07 Å². The fourth-order valence-electron chi connectivity index (χ4n) is 2.69. The summed E-state index contributed by atoms with van der Waals surface area (Å²) in [6.45, 7) is 4.88. The molecule has 0 aromatic heterocycles. The smallest absolute Gasteiger partial charge is 0.369 e. The Hall–Kier alpha value is -1.70. The van der Waals surface area contributed by atoms with Gasteiger partial charge in [0.05, 0.1) is 17.2 Å². The molecular weight excluding hydrogens is 265 g/mol. The van der Waals surface area contributed by atoms with Crippen LogP contribution < -0.4 is 4.90 Å². The van der Waals surface area contributed by atoms with Crippen molar-refractivity contribution in [3.05, 3.63) is 29.3 Å². The van der Waals surface area contributed by atoms with E-state index < -0.39 is 11.7 Å². The molecule has 1 fully saturated rings. The highest BCUT2D eigenvalue weighted by atomic mass is 19.4. The van der Waals surface area contributed by atoms with Crippen molar-refractivity contribution in [3.8, 4) is 6.07 Å². The third-order valence-corrected chi connectivity index (χ3v) is 3.88. The monoisotopic (exact) mass is 282 g/mol. The number of alkyl halides is 3. The largest absolute Gasteiger partial charge is 0.417 e. The molecule has 2 nitrogen and oxygen atoms in total. The second-order valence-corrected chi connectivity index (χ2v) is 5.52. The maximum Gasteiger partial charge on any atom is 0.417 e. The fourth-order valence-corrected chi connectivity index (χ4v) is 2.69. The van der Waals surface area contributed by atoms with Crippen molar-refractivity contribution in [2.75, 3.05) is 11.4 Å². The highest BCUT2D eigenvalue weighted by Crippen LogP contribution is 2.36. The second-order valence-electron chi connectivity index (χ2n) is 5.52. The predicted octanol–water partition coefficient (Wildman–Crippen LogP) is 4.20. The normalized spacial score (nSPS) is 23.5. The number of piperidine rings is 1. The van der Waals surface area contributed by atoms with E-state index >= 15 is 0 Å². The average Bonchev–Trinajstić information content (AvgIpc) is 2.40. The minimum atomic E-state index is -4.49. The molecule has 0 saturated carbocycles. The molecule has 1 aromatic rings. The van der Waals surface area contributed by atoms with Crippen molar-refractivity contribution in [2.24, 2.45) is 5.92 Å². The molecule has 0 N–H and O–H groups in total. The van der Waals surface area contributed by atoms with Gasteiger partial charge in [0.1, 0.15) is 0 Å². The van der Waals surface area contributed by atoms with Crippen LogP contribution in [0.15, 0.2) is 18.2 Å². The number of halogens is 3.